The molecule has 0 unspecified atom stereocenters. The zero-order valence-corrected chi connectivity index (χ0v) is 9.53. The van der Waals surface area contributed by atoms with Gasteiger partial charge in [-0.2, -0.15) is 0 Å². The van der Waals surface area contributed by atoms with Gasteiger partial charge in [0.25, 0.3) is 0 Å². The molecule has 0 atom stereocenters. The first kappa shape index (κ1) is 12.3. The van der Waals surface area contributed by atoms with Crippen LogP contribution >= 0.6 is 0 Å². The number of hydrogen-bond donors (Lipinski definition) is 2. The van der Waals surface area contributed by atoms with Gasteiger partial charge < -0.3 is 19.9 Å². The molecule has 88 valence electrons. The van der Waals surface area contributed by atoms with E-state index >= 15 is 0 Å². The zero-order chi connectivity index (χ0) is 12.1. The summed E-state index contributed by atoms with van der Waals surface area (Å²) in [5, 5.41) is 12.4. The Morgan fingerprint density at radius 1 is 1.38 bits per heavy atom. The number of likely N-dealkylation sites (N-methyl/N-ethyl adjacent to an activating group) is 1. The van der Waals surface area contributed by atoms with Gasteiger partial charge in [-0.15, -0.1) is 0 Å². The Kier molecular flexibility index (Phi) is 4.13. The van der Waals surface area contributed by atoms with E-state index in [1.807, 2.05) is 0 Å². The average molecular weight is 225 g/mol. The highest BCUT2D eigenvalue weighted by Crippen LogP contribution is 2.33. The number of ketones is 1. The molecular formula is C11H15NO4. The Labute approximate surface area is 94.0 Å². The Hall–Kier alpha value is -1.75. The average Bonchev–Trinajstić information content (AvgIpc) is 2.27. The number of ether oxygens (including phenoxy) is 2. The summed E-state index contributed by atoms with van der Waals surface area (Å²) < 4.78 is 10.0. The smallest absolute Gasteiger partial charge is 0.184 e. The summed E-state index contributed by atoms with van der Waals surface area (Å²) in [5.41, 5.74) is 0.164. The van der Waals surface area contributed by atoms with Crippen molar-refractivity contribution in [3.05, 3.63) is 17.7 Å². The number of hydrogen-bond acceptors (Lipinski definition) is 5. The predicted octanol–water partition coefficient (Wildman–Crippen LogP) is 0.811. The van der Waals surface area contributed by atoms with Crippen LogP contribution in [0.2, 0.25) is 0 Å². The van der Waals surface area contributed by atoms with E-state index in [4.69, 9.17) is 9.47 Å². The summed E-state index contributed by atoms with van der Waals surface area (Å²) in [6.45, 7) is 0.135. The molecule has 0 aliphatic rings. The van der Waals surface area contributed by atoms with Crippen molar-refractivity contribution < 1.29 is 19.4 Å². The molecule has 1 aromatic rings. The number of methoxy groups -OCH3 is 2. The summed E-state index contributed by atoms with van der Waals surface area (Å²) >= 11 is 0. The van der Waals surface area contributed by atoms with Crippen molar-refractivity contribution >= 4 is 5.78 Å². The summed E-state index contributed by atoms with van der Waals surface area (Å²) in [7, 11) is 4.57. The van der Waals surface area contributed by atoms with E-state index in [1.54, 1.807) is 13.1 Å². The van der Waals surface area contributed by atoms with Gasteiger partial charge in [0.1, 0.15) is 22.8 Å². The second-order valence-corrected chi connectivity index (χ2v) is 3.18. The van der Waals surface area contributed by atoms with Crippen LogP contribution < -0.4 is 14.8 Å². The molecule has 2 N–H and O–H groups in total. The Morgan fingerprint density at radius 2 is 2.06 bits per heavy atom. The summed E-state index contributed by atoms with van der Waals surface area (Å²) in [5.74, 6) is 0.364. The fourth-order valence-electron chi connectivity index (χ4n) is 1.38. The molecule has 0 amide bonds. The van der Waals surface area contributed by atoms with E-state index in [1.165, 1.54) is 20.3 Å². The van der Waals surface area contributed by atoms with E-state index in [9.17, 15) is 9.90 Å². The van der Waals surface area contributed by atoms with E-state index in [2.05, 4.69) is 5.32 Å². The number of rotatable bonds is 5. The van der Waals surface area contributed by atoms with Gasteiger partial charge in [-0.3, -0.25) is 4.79 Å². The Balaban J connectivity index is 3.21. The SMILES string of the molecule is CNCC(=O)c1c(O)cc(OC)cc1OC. The third-order valence-corrected chi connectivity index (χ3v) is 2.13. The van der Waals surface area contributed by atoms with Gasteiger partial charge >= 0.3 is 0 Å². The molecular weight excluding hydrogens is 210 g/mol. The molecule has 0 aromatic heterocycles. The van der Waals surface area contributed by atoms with Crippen molar-refractivity contribution in [1.82, 2.24) is 5.32 Å². The van der Waals surface area contributed by atoms with E-state index in [-0.39, 0.29) is 23.6 Å². The van der Waals surface area contributed by atoms with Crippen LogP contribution in [0.3, 0.4) is 0 Å². The lowest BCUT2D eigenvalue weighted by molar-refractivity contribution is 0.0988. The van der Waals surface area contributed by atoms with Crippen LogP contribution in [0.25, 0.3) is 0 Å². The highest BCUT2D eigenvalue weighted by Gasteiger charge is 2.18. The van der Waals surface area contributed by atoms with Crippen LogP contribution in [0.15, 0.2) is 12.1 Å². The molecule has 5 heteroatoms. The van der Waals surface area contributed by atoms with Gasteiger partial charge in [0.15, 0.2) is 5.78 Å². The fourth-order valence-corrected chi connectivity index (χ4v) is 1.38. The number of phenolic OH excluding ortho intramolecular Hbond substituents is 1. The lowest BCUT2D eigenvalue weighted by Gasteiger charge is -2.11. The van der Waals surface area contributed by atoms with Crippen LogP contribution in [0.4, 0.5) is 0 Å². The maximum Gasteiger partial charge on any atom is 0.184 e. The largest absolute Gasteiger partial charge is 0.507 e. The first-order valence-corrected chi connectivity index (χ1v) is 4.76. The lowest BCUT2D eigenvalue weighted by Crippen LogP contribution is -2.19. The summed E-state index contributed by atoms with van der Waals surface area (Å²) in [4.78, 5) is 11.7. The van der Waals surface area contributed by atoms with Crippen molar-refractivity contribution in [2.45, 2.75) is 0 Å². The Bertz CT molecular complexity index is 390. The van der Waals surface area contributed by atoms with Crippen molar-refractivity contribution in [2.24, 2.45) is 0 Å². The Morgan fingerprint density at radius 3 is 2.56 bits per heavy atom. The topological polar surface area (TPSA) is 67.8 Å². The highest BCUT2D eigenvalue weighted by molar-refractivity contribution is 6.02. The van der Waals surface area contributed by atoms with E-state index in [0.717, 1.165) is 0 Å². The third kappa shape index (κ3) is 2.43. The van der Waals surface area contributed by atoms with Crippen molar-refractivity contribution in [1.29, 1.82) is 0 Å². The predicted molar refractivity (Wildman–Crippen MR) is 59.5 cm³/mol. The minimum Gasteiger partial charge on any atom is -0.507 e. The van der Waals surface area contributed by atoms with Gasteiger partial charge in [0, 0.05) is 12.1 Å². The second-order valence-electron chi connectivity index (χ2n) is 3.18. The molecule has 1 rings (SSSR count). The molecule has 0 saturated heterocycles. The van der Waals surface area contributed by atoms with Gasteiger partial charge in [-0.25, -0.2) is 0 Å². The van der Waals surface area contributed by atoms with Gasteiger partial charge in [0.2, 0.25) is 0 Å². The van der Waals surface area contributed by atoms with Gasteiger partial charge in [-0.1, -0.05) is 0 Å². The van der Waals surface area contributed by atoms with Gasteiger partial charge in [0.05, 0.1) is 20.8 Å². The number of nitrogens with one attached hydrogen (secondary N) is 1. The third-order valence-electron chi connectivity index (χ3n) is 2.13. The van der Waals surface area contributed by atoms with E-state index in [0.29, 0.717) is 11.5 Å². The molecule has 0 radical (unpaired) electrons. The minimum absolute atomic E-state index is 0.135. The molecule has 0 spiro atoms. The molecule has 0 aliphatic heterocycles. The standard InChI is InChI=1S/C11H15NO4/c1-12-6-9(14)11-8(13)4-7(15-2)5-10(11)16-3/h4-5,12-13H,6H2,1-3H3. The van der Waals surface area contributed by atoms with Crippen LogP contribution in [-0.4, -0.2) is 38.7 Å². The first-order chi connectivity index (χ1) is 7.63. The summed E-state index contributed by atoms with van der Waals surface area (Å²) in [6, 6.07) is 2.94. The van der Waals surface area contributed by atoms with Crippen molar-refractivity contribution in [2.75, 3.05) is 27.8 Å². The molecule has 0 bridgehead atoms. The van der Waals surface area contributed by atoms with Crippen LogP contribution in [0.1, 0.15) is 10.4 Å². The molecule has 0 saturated carbocycles. The lowest BCUT2D eigenvalue weighted by atomic mass is 10.1. The fraction of sp³-hybridized carbons (Fsp3) is 0.364. The molecule has 0 aliphatic carbocycles. The van der Waals surface area contributed by atoms with Gasteiger partial charge in [-0.05, 0) is 7.05 Å². The number of benzene rings is 1. The monoisotopic (exact) mass is 225 g/mol. The zero-order valence-electron chi connectivity index (χ0n) is 9.53. The second kappa shape index (κ2) is 5.37. The minimum atomic E-state index is -0.237. The van der Waals surface area contributed by atoms with Crippen LogP contribution in [0, 0.1) is 0 Å². The molecule has 1 aromatic carbocycles. The quantitative estimate of drug-likeness (QED) is 0.726. The number of carbonyl (C=O) groups excluding carboxylic acids is 1. The van der Waals surface area contributed by atoms with E-state index < -0.39 is 0 Å². The van der Waals surface area contributed by atoms with Crippen molar-refractivity contribution in [3.8, 4) is 17.2 Å². The molecule has 5 nitrogen and oxygen atoms in total. The first-order valence-electron chi connectivity index (χ1n) is 4.76. The molecule has 0 heterocycles. The number of aromatic hydroxyl groups is 1. The number of phenols is 1. The van der Waals surface area contributed by atoms with Crippen molar-refractivity contribution in [3.63, 3.8) is 0 Å². The maximum atomic E-state index is 11.7. The normalized spacial score (nSPS) is 9.94. The number of carbonyl (C=O) groups is 1. The highest BCUT2D eigenvalue weighted by atomic mass is 16.5. The number of Topliss-reactive ketones (excluding diaryl/α,β-unsaturated/α-hetero) is 1. The molecule has 16 heavy (non-hydrogen) atoms. The van der Waals surface area contributed by atoms with Crippen LogP contribution in [-0.2, 0) is 0 Å². The summed E-state index contributed by atoms with van der Waals surface area (Å²) in [6.07, 6.45) is 0. The molecule has 0 fully saturated rings. The maximum absolute atomic E-state index is 11.7. The van der Waals surface area contributed by atoms with Crippen LogP contribution in [0.5, 0.6) is 17.2 Å².